The maximum absolute atomic E-state index is 10.5. The van der Waals surface area contributed by atoms with Crippen molar-refractivity contribution >= 4 is 11.9 Å². The van der Waals surface area contributed by atoms with Crippen LogP contribution in [0.25, 0.3) is 0 Å². The van der Waals surface area contributed by atoms with Crippen LogP contribution in [0.5, 0.6) is 5.75 Å². The SMILES string of the molecule is Cc1ccccc1O.N#CO.O=C(O)c1ccccc1C(=O)O. The maximum Gasteiger partial charge on any atom is 0.336 e. The summed E-state index contributed by atoms with van der Waals surface area (Å²) in [6.07, 6.45) is 0.750. The number of aliphatic hydroxyl groups is 1. The second-order valence-electron chi connectivity index (χ2n) is 4.04. The molecule has 0 aromatic heterocycles. The number of aryl methyl sites for hydroxylation is 1. The minimum Gasteiger partial charge on any atom is -0.508 e. The normalized spacial score (nSPS) is 8.35. The molecule has 0 saturated heterocycles. The van der Waals surface area contributed by atoms with Gasteiger partial charge in [-0.2, -0.15) is 5.26 Å². The predicted molar refractivity (Wildman–Crippen MR) is 80.8 cm³/mol. The zero-order valence-corrected chi connectivity index (χ0v) is 12.2. The number of aromatic carboxylic acids is 2. The Kier molecular flexibility index (Phi) is 8.66. The van der Waals surface area contributed by atoms with Crippen molar-refractivity contribution in [1.82, 2.24) is 0 Å². The zero-order chi connectivity index (χ0) is 17.8. The van der Waals surface area contributed by atoms with Gasteiger partial charge in [0.25, 0.3) is 6.26 Å². The van der Waals surface area contributed by atoms with E-state index in [1.165, 1.54) is 24.3 Å². The first-order valence-corrected chi connectivity index (χ1v) is 6.18. The molecule has 0 aliphatic carbocycles. The number of hydrogen-bond donors (Lipinski definition) is 4. The molecule has 0 spiro atoms. The Morgan fingerprint density at radius 2 is 1.26 bits per heavy atom. The van der Waals surface area contributed by atoms with Crippen LogP contribution in [-0.2, 0) is 0 Å². The van der Waals surface area contributed by atoms with E-state index >= 15 is 0 Å². The zero-order valence-electron chi connectivity index (χ0n) is 12.2. The lowest BCUT2D eigenvalue weighted by atomic mass is 10.1. The molecule has 23 heavy (non-hydrogen) atoms. The highest BCUT2D eigenvalue weighted by atomic mass is 16.4. The van der Waals surface area contributed by atoms with Crippen LogP contribution in [0, 0.1) is 18.4 Å². The van der Waals surface area contributed by atoms with Crippen molar-refractivity contribution in [2.45, 2.75) is 6.92 Å². The molecule has 0 amide bonds. The van der Waals surface area contributed by atoms with Gasteiger partial charge in [0.1, 0.15) is 5.75 Å². The maximum atomic E-state index is 10.5. The van der Waals surface area contributed by atoms with Gasteiger partial charge in [-0.15, -0.1) is 0 Å². The number of carbonyl (C=O) groups is 2. The fraction of sp³-hybridized carbons (Fsp3) is 0.0625. The van der Waals surface area contributed by atoms with Gasteiger partial charge in [0, 0.05) is 0 Å². The summed E-state index contributed by atoms with van der Waals surface area (Å²) >= 11 is 0. The van der Waals surface area contributed by atoms with Crippen molar-refractivity contribution in [3.63, 3.8) is 0 Å². The van der Waals surface area contributed by atoms with Crippen LogP contribution >= 0.6 is 0 Å². The number of hydrogen-bond acceptors (Lipinski definition) is 5. The number of benzene rings is 2. The Morgan fingerprint density at radius 1 is 0.913 bits per heavy atom. The van der Waals surface area contributed by atoms with Gasteiger partial charge in [0.05, 0.1) is 11.1 Å². The van der Waals surface area contributed by atoms with E-state index in [0.29, 0.717) is 5.75 Å². The molecule has 2 aromatic carbocycles. The molecule has 4 N–H and O–H groups in total. The Balaban J connectivity index is 0.000000379. The molecule has 0 aliphatic rings. The number of phenolic OH excluding ortho intramolecular Hbond substituents is 1. The van der Waals surface area contributed by atoms with Crippen LogP contribution in [0.2, 0.25) is 0 Å². The Bertz CT molecular complexity index is 652. The standard InChI is InChI=1S/C8H6O4.C7H8O.CHNO/c9-7(10)5-3-1-2-4-6(5)8(11)12;1-6-4-2-3-5-7(6)8;2-1-3/h1-4H,(H,9,10)(H,11,12);2-5,8H,1H3;3H. The van der Waals surface area contributed by atoms with E-state index in [-0.39, 0.29) is 11.1 Å². The fourth-order valence-corrected chi connectivity index (χ4v) is 1.42. The first kappa shape index (κ1) is 19.5. The molecule has 0 bridgehead atoms. The molecule has 0 atom stereocenters. The second-order valence-corrected chi connectivity index (χ2v) is 4.04. The summed E-state index contributed by atoms with van der Waals surface area (Å²) in [6.45, 7) is 1.87. The monoisotopic (exact) mass is 317 g/mol. The van der Waals surface area contributed by atoms with Gasteiger partial charge in [0.15, 0.2) is 0 Å². The highest BCUT2D eigenvalue weighted by Crippen LogP contribution is 2.12. The van der Waals surface area contributed by atoms with Crippen molar-refractivity contribution in [3.8, 4) is 12.0 Å². The number of phenols is 1. The fourth-order valence-electron chi connectivity index (χ4n) is 1.42. The number of nitriles is 1. The topological polar surface area (TPSA) is 139 Å². The molecular formula is C16H15NO6. The number of aromatic hydroxyl groups is 1. The minimum absolute atomic E-state index is 0.190. The van der Waals surface area contributed by atoms with Crippen LogP contribution < -0.4 is 0 Å². The number of para-hydroxylation sites is 1. The molecule has 0 saturated carbocycles. The molecule has 120 valence electrons. The lowest BCUT2D eigenvalue weighted by Crippen LogP contribution is -2.06. The van der Waals surface area contributed by atoms with Gasteiger partial charge in [-0.1, -0.05) is 30.3 Å². The van der Waals surface area contributed by atoms with E-state index in [1.54, 1.807) is 6.07 Å². The average molecular weight is 317 g/mol. The van der Waals surface area contributed by atoms with Gasteiger partial charge < -0.3 is 20.4 Å². The summed E-state index contributed by atoms with van der Waals surface area (Å²) in [5, 5.41) is 39.8. The Hall–Kier alpha value is -3.53. The van der Waals surface area contributed by atoms with E-state index in [9.17, 15) is 9.59 Å². The third-order valence-electron chi connectivity index (χ3n) is 2.50. The Labute approximate surface area is 132 Å². The lowest BCUT2D eigenvalue weighted by Gasteiger charge is -1.98. The second kappa shape index (κ2) is 10.2. The largest absolute Gasteiger partial charge is 0.508 e. The van der Waals surface area contributed by atoms with Crippen LogP contribution in [0.15, 0.2) is 48.5 Å². The number of carboxylic acid groups (broad SMARTS) is 2. The minimum atomic E-state index is -1.23. The van der Waals surface area contributed by atoms with Gasteiger partial charge in [-0.3, -0.25) is 0 Å². The molecule has 7 heteroatoms. The summed E-state index contributed by atoms with van der Waals surface area (Å²) in [6, 6.07) is 12.7. The van der Waals surface area contributed by atoms with E-state index in [0.717, 1.165) is 11.8 Å². The van der Waals surface area contributed by atoms with Crippen molar-refractivity contribution in [2.24, 2.45) is 0 Å². The van der Waals surface area contributed by atoms with Crippen molar-refractivity contribution in [2.75, 3.05) is 0 Å². The Morgan fingerprint density at radius 3 is 1.52 bits per heavy atom. The molecule has 2 aromatic rings. The van der Waals surface area contributed by atoms with Gasteiger partial charge in [-0.05, 0) is 30.7 Å². The molecule has 0 fully saturated rings. The van der Waals surface area contributed by atoms with E-state index in [1.807, 2.05) is 25.1 Å². The molecule has 2 rings (SSSR count). The number of carboxylic acids is 2. The smallest absolute Gasteiger partial charge is 0.336 e. The van der Waals surface area contributed by atoms with E-state index < -0.39 is 11.9 Å². The van der Waals surface area contributed by atoms with Crippen molar-refractivity contribution < 1.29 is 30.0 Å². The molecule has 0 radical (unpaired) electrons. The van der Waals surface area contributed by atoms with Gasteiger partial charge in [-0.25, -0.2) is 9.59 Å². The summed E-state index contributed by atoms with van der Waals surface area (Å²) in [5.41, 5.74) is 0.544. The first-order valence-electron chi connectivity index (χ1n) is 6.18. The summed E-state index contributed by atoms with van der Waals surface area (Å²) < 4.78 is 0. The number of rotatable bonds is 2. The third kappa shape index (κ3) is 7.15. The molecular weight excluding hydrogens is 302 g/mol. The highest BCUT2D eigenvalue weighted by Gasteiger charge is 2.13. The quantitative estimate of drug-likeness (QED) is 0.624. The number of aliphatic hydroxyl groups excluding tert-OH is 1. The highest BCUT2D eigenvalue weighted by molar-refractivity contribution is 6.01. The average Bonchev–Trinajstić information content (AvgIpc) is 2.51. The van der Waals surface area contributed by atoms with Crippen LogP contribution in [0.4, 0.5) is 0 Å². The molecule has 0 aliphatic heterocycles. The summed E-state index contributed by atoms with van der Waals surface area (Å²) in [7, 11) is 0. The first-order chi connectivity index (χ1) is 10.8. The van der Waals surface area contributed by atoms with Gasteiger partial charge in [0.2, 0.25) is 0 Å². The van der Waals surface area contributed by atoms with E-state index in [2.05, 4.69) is 0 Å². The molecule has 0 unspecified atom stereocenters. The summed E-state index contributed by atoms with van der Waals surface area (Å²) in [4.78, 5) is 20.9. The summed E-state index contributed by atoms with van der Waals surface area (Å²) in [5.74, 6) is -2.09. The van der Waals surface area contributed by atoms with E-state index in [4.69, 9.17) is 25.7 Å². The predicted octanol–water partition coefficient (Wildman–Crippen LogP) is 2.62. The van der Waals surface area contributed by atoms with Crippen molar-refractivity contribution in [1.29, 1.82) is 5.26 Å². The molecule has 0 heterocycles. The van der Waals surface area contributed by atoms with Crippen LogP contribution in [0.1, 0.15) is 26.3 Å². The third-order valence-corrected chi connectivity index (χ3v) is 2.50. The van der Waals surface area contributed by atoms with Crippen molar-refractivity contribution in [3.05, 3.63) is 65.2 Å². The molecule has 7 nitrogen and oxygen atoms in total. The van der Waals surface area contributed by atoms with Crippen LogP contribution in [0.3, 0.4) is 0 Å². The lowest BCUT2D eigenvalue weighted by molar-refractivity contribution is 0.0651. The number of nitrogens with zero attached hydrogens (tertiary/aromatic N) is 1. The van der Waals surface area contributed by atoms with Gasteiger partial charge >= 0.3 is 11.9 Å². The van der Waals surface area contributed by atoms with Crippen LogP contribution in [-0.4, -0.2) is 32.4 Å².